The van der Waals surface area contributed by atoms with Gasteiger partial charge < -0.3 is 19.7 Å². The van der Waals surface area contributed by atoms with Gasteiger partial charge in [0.15, 0.2) is 0 Å². The molecule has 0 amide bonds. The standard InChI is InChI=1S/C12H8O10.4C4H9.2Sn/c13-7(14)1-3-9(17)21-11(19)5-6-12(20)22-10(18)4-2-8(15)16;4*1-3-4-2;;/h1-6H,(H,13,14)(H,15,16);4*1,3-4H2,2H3;;/b3-1-,4-2-,6-5-;;;;;;. The monoisotopic (exact) mass is 780 g/mol. The average molecular weight is 778 g/mol. The smallest absolute Gasteiger partial charge is 0.338 e. The van der Waals surface area contributed by atoms with Crippen molar-refractivity contribution < 1.29 is 48.5 Å². The number of carboxylic acid groups (broad SMARTS) is 2. The molecule has 0 saturated heterocycles. The van der Waals surface area contributed by atoms with E-state index in [4.69, 9.17) is 10.2 Å². The van der Waals surface area contributed by atoms with Crippen LogP contribution in [0.4, 0.5) is 0 Å². The Hall–Kier alpha value is -1.96. The van der Waals surface area contributed by atoms with Crippen LogP contribution in [-0.2, 0) is 38.2 Å². The van der Waals surface area contributed by atoms with Crippen molar-refractivity contribution in [3.8, 4) is 0 Å². The molecular weight excluding hydrogens is 734 g/mol. The molecule has 0 spiro atoms. The van der Waals surface area contributed by atoms with Crippen molar-refractivity contribution in [1.82, 2.24) is 0 Å². The number of aliphatic carboxylic acids is 2. The van der Waals surface area contributed by atoms with Crippen LogP contribution in [0, 0.1) is 0 Å². The summed E-state index contributed by atoms with van der Waals surface area (Å²) in [7, 11) is 0. The number of ether oxygens (including phenoxy) is 2. The fourth-order valence-corrected chi connectivity index (χ4v) is 10.5. The molecule has 2 N–H and O–H groups in total. The van der Waals surface area contributed by atoms with Gasteiger partial charge in [-0.2, -0.15) is 0 Å². The van der Waals surface area contributed by atoms with Gasteiger partial charge in [-0.1, -0.05) is 0 Å². The van der Waals surface area contributed by atoms with Gasteiger partial charge in [-0.05, 0) is 0 Å². The molecule has 12 heteroatoms. The molecule has 0 bridgehead atoms. The van der Waals surface area contributed by atoms with Crippen molar-refractivity contribution in [2.45, 2.75) is 96.8 Å². The summed E-state index contributed by atoms with van der Waals surface area (Å²) in [6.45, 7) is 9.16. The maximum absolute atomic E-state index is 11.0. The Labute approximate surface area is 258 Å². The third-order valence-corrected chi connectivity index (χ3v) is 12.4. The first-order valence-electron chi connectivity index (χ1n) is 13.5. The maximum Gasteiger partial charge on any atom is 0.338 e. The summed E-state index contributed by atoms with van der Waals surface area (Å²) in [5.41, 5.74) is 0. The van der Waals surface area contributed by atoms with Crippen molar-refractivity contribution >= 4 is 78.1 Å². The van der Waals surface area contributed by atoms with Gasteiger partial charge in [-0.25, -0.2) is 28.8 Å². The van der Waals surface area contributed by atoms with E-state index in [1.807, 2.05) is 0 Å². The number of hydrogen-bond donors (Lipinski definition) is 2. The minimum absolute atomic E-state index is 0.149. The number of esters is 4. The van der Waals surface area contributed by atoms with Crippen molar-refractivity contribution in [1.29, 1.82) is 0 Å². The molecule has 10 nitrogen and oxygen atoms in total. The SMILES string of the molecule is CCC[CH2][Sn][CH2]CCC.CCC[CH2][Sn][CH2]CCC.O=C(O)/C=C\C(=O)OC(=O)/C=C\C(=O)OC(=O)/C=C\C(=O)O. The zero-order valence-electron chi connectivity index (χ0n) is 24.1. The van der Waals surface area contributed by atoms with Gasteiger partial charge in [-0.3, -0.25) is 0 Å². The Morgan fingerprint density at radius 2 is 0.700 bits per heavy atom. The third kappa shape index (κ3) is 40.5. The van der Waals surface area contributed by atoms with Crippen LogP contribution < -0.4 is 0 Å². The topological polar surface area (TPSA) is 161 Å². The van der Waals surface area contributed by atoms with Crippen LogP contribution in [0.2, 0.25) is 17.7 Å². The predicted octanol–water partition coefficient (Wildman–Crippen LogP) is 5.22. The summed E-state index contributed by atoms with van der Waals surface area (Å²) in [4.78, 5) is 63.9. The number of hydrogen-bond acceptors (Lipinski definition) is 8. The molecule has 0 fully saturated rings. The van der Waals surface area contributed by atoms with E-state index in [9.17, 15) is 28.8 Å². The Kier molecular flexibility index (Phi) is 35.3. The molecule has 4 radical (unpaired) electrons. The van der Waals surface area contributed by atoms with Gasteiger partial charge in [0.05, 0.1) is 0 Å². The molecule has 0 unspecified atom stereocenters. The van der Waals surface area contributed by atoms with E-state index in [0.717, 1.165) is 0 Å². The van der Waals surface area contributed by atoms with E-state index >= 15 is 0 Å². The first kappa shape index (κ1) is 42.5. The second-order valence-corrected chi connectivity index (χ2v) is 16.6. The second-order valence-electron chi connectivity index (χ2n) is 8.07. The zero-order chi connectivity index (χ0) is 31.0. The van der Waals surface area contributed by atoms with Gasteiger partial charge in [0.25, 0.3) is 0 Å². The summed E-state index contributed by atoms with van der Waals surface area (Å²) in [6, 6.07) is 0. The Morgan fingerprint density at radius 1 is 0.475 bits per heavy atom. The summed E-state index contributed by atoms with van der Waals surface area (Å²) < 4.78 is 14.6. The molecule has 224 valence electrons. The molecule has 0 heterocycles. The Bertz CT molecular complexity index is 742. The molecule has 0 aliphatic heterocycles. The van der Waals surface area contributed by atoms with Crippen molar-refractivity contribution in [2.24, 2.45) is 0 Å². The minimum Gasteiger partial charge on any atom is -0.478 e. The van der Waals surface area contributed by atoms with Crippen molar-refractivity contribution in [3.05, 3.63) is 36.5 Å². The van der Waals surface area contributed by atoms with Crippen LogP contribution in [-0.4, -0.2) is 88.3 Å². The maximum atomic E-state index is 11.0. The minimum atomic E-state index is -1.43. The van der Waals surface area contributed by atoms with Gasteiger partial charge >= 0.3 is 175 Å². The van der Waals surface area contributed by atoms with Gasteiger partial charge in [0.1, 0.15) is 0 Å². The van der Waals surface area contributed by atoms with Gasteiger partial charge in [-0.15, -0.1) is 0 Å². The predicted molar refractivity (Wildman–Crippen MR) is 155 cm³/mol. The first-order valence-corrected chi connectivity index (χ1v) is 21.5. The van der Waals surface area contributed by atoms with Crippen LogP contribution in [0.3, 0.4) is 0 Å². The van der Waals surface area contributed by atoms with Crippen molar-refractivity contribution in [2.75, 3.05) is 0 Å². The van der Waals surface area contributed by atoms with Gasteiger partial charge in [0.2, 0.25) is 0 Å². The van der Waals surface area contributed by atoms with E-state index < -0.39 is 35.8 Å². The largest absolute Gasteiger partial charge is 0.478 e. The fourth-order valence-electron chi connectivity index (χ4n) is 2.21. The molecule has 0 aliphatic carbocycles. The molecular formula is C28H44O10Sn2. The molecule has 0 atom stereocenters. The molecule has 0 aliphatic rings. The van der Waals surface area contributed by atoms with E-state index in [1.165, 1.54) is 51.4 Å². The first-order chi connectivity index (χ1) is 19.0. The summed E-state index contributed by atoms with van der Waals surface area (Å²) in [5.74, 6) is -8.07. The van der Waals surface area contributed by atoms with Crippen LogP contribution in [0.5, 0.6) is 0 Å². The Balaban J connectivity index is -0.000000623. The van der Waals surface area contributed by atoms with Crippen LogP contribution in [0.25, 0.3) is 0 Å². The van der Waals surface area contributed by atoms with Crippen LogP contribution in [0.1, 0.15) is 79.1 Å². The van der Waals surface area contributed by atoms with E-state index in [0.29, 0.717) is 36.5 Å². The Morgan fingerprint density at radius 3 is 0.900 bits per heavy atom. The summed E-state index contributed by atoms with van der Waals surface area (Å²) in [5, 5.41) is 16.4. The molecule has 0 rings (SSSR count). The van der Waals surface area contributed by atoms with E-state index in [2.05, 4.69) is 37.2 Å². The summed E-state index contributed by atoms with van der Waals surface area (Å²) >= 11 is 0.299. The second kappa shape index (κ2) is 33.2. The number of carbonyl (C=O) groups excluding carboxylic acids is 4. The van der Waals surface area contributed by atoms with Crippen molar-refractivity contribution in [3.63, 3.8) is 0 Å². The van der Waals surface area contributed by atoms with Crippen LogP contribution >= 0.6 is 0 Å². The molecule has 0 aromatic rings. The quantitative estimate of drug-likeness (QED) is 0.0621. The van der Waals surface area contributed by atoms with Gasteiger partial charge in [0, 0.05) is 36.5 Å². The van der Waals surface area contributed by atoms with Crippen LogP contribution in [0.15, 0.2) is 36.5 Å². The average Bonchev–Trinajstić information content (AvgIpc) is 2.90. The number of carboxylic acids is 2. The zero-order valence-corrected chi connectivity index (χ0v) is 29.8. The number of rotatable bonds is 18. The molecule has 0 aromatic carbocycles. The van der Waals surface area contributed by atoms with E-state index in [1.54, 1.807) is 17.7 Å². The summed E-state index contributed by atoms with van der Waals surface area (Å²) in [6.07, 6.45) is 14.4. The molecule has 40 heavy (non-hydrogen) atoms. The molecule has 0 aromatic heterocycles. The molecule has 0 saturated carbocycles. The van der Waals surface area contributed by atoms with E-state index in [-0.39, 0.29) is 42.3 Å². The normalized spacial score (nSPS) is 10.4. The number of carbonyl (C=O) groups is 6. The number of unbranched alkanes of at least 4 members (excludes halogenated alkanes) is 4. The third-order valence-electron chi connectivity index (χ3n) is 4.31. The fraction of sp³-hybridized carbons (Fsp3) is 0.571.